The second kappa shape index (κ2) is 7.50. The molecule has 6 nitrogen and oxygen atoms in total. The number of fused-ring (bicyclic) bond motifs is 1. The van der Waals surface area contributed by atoms with Crippen LogP contribution in [0.3, 0.4) is 0 Å². The van der Waals surface area contributed by atoms with Gasteiger partial charge in [-0.2, -0.15) is 0 Å². The van der Waals surface area contributed by atoms with E-state index in [9.17, 15) is 13.2 Å². The topological polar surface area (TPSA) is 83.1 Å². The van der Waals surface area contributed by atoms with Crippen molar-refractivity contribution in [1.82, 2.24) is 14.9 Å². The van der Waals surface area contributed by atoms with Crippen LogP contribution in [0.2, 0.25) is 5.15 Å². The molecular formula is C18H17Cl2N3O3S. The van der Waals surface area contributed by atoms with Crippen molar-refractivity contribution in [1.29, 1.82) is 0 Å². The lowest BCUT2D eigenvalue weighted by Crippen LogP contribution is -2.35. The van der Waals surface area contributed by atoms with E-state index in [1.807, 2.05) is 0 Å². The van der Waals surface area contributed by atoms with Crippen molar-refractivity contribution in [3.8, 4) is 0 Å². The molecule has 1 aliphatic heterocycles. The van der Waals surface area contributed by atoms with E-state index in [-0.39, 0.29) is 23.2 Å². The number of carbonyl (C=O) groups excluding carboxylic acids is 1. The van der Waals surface area contributed by atoms with E-state index in [1.165, 1.54) is 4.90 Å². The summed E-state index contributed by atoms with van der Waals surface area (Å²) in [4.78, 5) is 21.3. The van der Waals surface area contributed by atoms with Gasteiger partial charge in [-0.25, -0.2) is 13.4 Å². The SMILES string of the molecule is Cl.O=C1CCCN1C(c1cc2nc(Cl)ccc2[nH]1)S(=O)(=O)c1ccccc1. The molecule has 1 N–H and O–H groups in total. The Hall–Kier alpha value is -2.09. The first-order valence-electron chi connectivity index (χ1n) is 8.20. The zero-order valence-corrected chi connectivity index (χ0v) is 16.5. The Labute approximate surface area is 167 Å². The number of hydrogen-bond donors (Lipinski definition) is 1. The third kappa shape index (κ3) is 3.54. The van der Waals surface area contributed by atoms with Crippen molar-refractivity contribution in [3.63, 3.8) is 0 Å². The second-order valence-corrected chi connectivity index (χ2v) is 8.59. The summed E-state index contributed by atoms with van der Waals surface area (Å²) in [5.74, 6) is -0.167. The molecule has 9 heteroatoms. The smallest absolute Gasteiger partial charge is 0.224 e. The van der Waals surface area contributed by atoms with Gasteiger partial charge in [0, 0.05) is 13.0 Å². The highest BCUT2D eigenvalue weighted by Gasteiger charge is 2.40. The number of aromatic nitrogens is 2. The standard InChI is InChI=1S/C18H16ClN3O3S.ClH/c19-16-9-8-13-14(21-16)11-15(20-13)18(22-10-4-7-17(22)23)26(24,25)12-5-2-1-3-6-12;/h1-3,5-6,8-9,11,18,20H,4,7,10H2;1H. The molecule has 27 heavy (non-hydrogen) atoms. The van der Waals surface area contributed by atoms with E-state index >= 15 is 0 Å². The number of nitrogens with one attached hydrogen (secondary N) is 1. The maximum atomic E-state index is 13.3. The summed E-state index contributed by atoms with van der Waals surface area (Å²) >= 11 is 5.94. The Morgan fingerprint density at radius 1 is 1.15 bits per heavy atom. The first-order chi connectivity index (χ1) is 12.5. The fourth-order valence-corrected chi connectivity index (χ4v) is 5.26. The Bertz CT molecular complexity index is 1080. The van der Waals surface area contributed by atoms with Crippen LogP contribution in [-0.2, 0) is 14.6 Å². The lowest BCUT2D eigenvalue weighted by Gasteiger charge is -2.27. The lowest BCUT2D eigenvalue weighted by atomic mass is 10.3. The number of likely N-dealkylation sites (tertiary alicyclic amines) is 1. The highest BCUT2D eigenvalue weighted by atomic mass is 35.5. The number of rotatable bonds is 4. The number of H-pyrrole nitrogens is 1. The molecule has 0 bridgehead atoms. The van der Waals surface area contributed by atoms with Gasteiger partial charge >= 0.3 is 0 Å². The number of nitrogens with zero attached hydrogens (tertiary/aromatic N) is 2. The number of benzene rings is 1. The molecule has 0 spiro atoms. The Balaban J connectivity index is 0.00000210. The van der Waals surface area contributed by atoms with Crippen molar-refractivity contribution in [2.75, 3.05) is 6.54 Å². The molecule has 1 amide bonds. The van der Waals surface area contributed by atoms with E-state index in [0.717, 1.165) is 0 Å². The second-order valence-electron chi connectivity index (χ2n) is 6.19. The number of aromatic amines is 1. The Morgan fingerprint density at radius 2 is 1.89 bits per heavy atom. The predicted octanol–water partition coefficient (Wildman–Crippen LogP) is 3.73. The number of halogens is 2. The van der Waals surface area contributed by atoms with Gasteiger partial charge < -0.3 is 9.88 Å². The molecule has 1 aliphatic rings. The molecule has 1 fully saturated rings. The zero-order valence-electron chi connectivity index (χ0n) is 14.1. The van der Waals surface area contributed by atoms with Gasteiger partial charge in [0.05, 0.1) is 21.6 Å². The van der Waals surface area contributed by atoms with E-state index < -0.39 is 15.2 Å². The summed E-state index contributed by atoms with van der Waals surface area (Å²) in [6.07, 6.45) is 0.995. The molecule has 2 aromatic heterocycles. The Kier molecular flexibility index (Phi) is 5.46. The number of hydrogen-bond acceptors (Lipinski definition) is 4. The molecule has 1 aromatic carbocycles. The summed E-state index contributed by atoms with van der Waals surface area (Å²) in [6, 6.07) is 13.2. The molecule has 0 aliphatic carbocycles. The Morgan fingerprint density at radius 3 is 2.56 bits per heavy atom. The zero-order chi connectivity index (χ0) is 18.3. The van der Waals surface area contributed by atoms with Crippen LogP contribution in [0.15, 0.2) is 53.4 Å². The summed E-state index contributed by atoms with van der Waals surface area (Å²) < 4.78 is 26.7. The van der Waals surface area contributed by atoms with Gasteiger partial charge in [0.25, 0.3) is 0 Å². The van der Waals surface area contributed by atoms with Crippen LogP contribution in [0.25, 0.3) is 11.0 Å². The van der Waals surface area contributed by atoms with Gasteiger partial charge in [-0.05, 0) is 36.8 Å². The quantitative estimate of drug-likeness (QED) is 0.645. The van der Waals surface area contributed by atoms with Crippen LogP contribution in [-0.4, -0.2) is 35.7 Å². The summed E-state index contributed by atoms with van der Waals surface area (Å²) in [7, 11) is -3.82. The number of amides is 1. The highest BCUT2D eigenvalue weighted by Crippen LogP contribution is 2.35. The first kappa shape index (κ1) is 19.7. The number of carbonyl (C=O) groups is 1. The molecule has 3 heterocycles. The van der Waals surface area contributed by atoms with E-state index in [0.29, 0.717) is 41.3 Å². The number of pyridine rings is 1. The number of sulfone groups is 1. The van der Waals surface area contributed by atoms with Crippen molar-refractivity contribution in [2.45, 2.75) is 23.1 Å². The fourth-order valence-electron chi connectivity index (χ4n) is 3.30. The minimum absolute atomic E-state index is 0. The van der Waals surface area contributed by atoms with E-state index in [2.05, 4.69) is 9.97 Å². The van der Waals surface area contributed by atoms with Gasteiger partial charge in [0.1, 0.15) is 5.15 Å². The van der Waals surface area contributed by atoms with Crippen LogP contribution >= 0.6 is 24.0 Å². The minimum Gasteiger partial charge on any atom is -0.354 e. The molecule has 1 saturated heterocycles. The molecule has 0 radical (unpaired) electrons. The summed E-state index contributed by atoms with van der Waals surface area (Å²) in [5.41, 5.74) is 1.64. The maximum absolute atomic E-state index is 13.3. The van der Waals surface area contributed by atoms with Crippen molar-refractivity contribution in [2.24, 2.45) is 0 Å². The lowest BCUT2D eigenvalue weighted by molar-refractivity contribution is -0.128. The van der Waals surface area contributed by atoms with Gasteiger partial charge in [0.2, 0.25) is 15.7 Å². The van der Waals surface area contributed by atoms with Gasteiger partial charge in [-0.3, -0.25) is 4.79 Å². The van der Waals surface area contributed by atoms with Crippen LogP contribution in [0.5, 0.6) is 0 Å². The molecule has 142 valence electrons. The van der Waals surface area contributed by atoms with E-state index in [1.54, 1.807) is 48.5 Å². The molecule has 1 unspecified atom stereocenters. The van der Waals surface area contributed by atoms with Crippen LogP contribution in [0.1, 0.15) is 23.9 Å². The average molecular weight is 426 g/mol. The monoisotopic (exact) mass is 425 g/mol. The van der Waals surface area contributed by atoms with Crippen molar-refractivity contribution < 1.29 is 13.2 Å². The minimum atomic E-state index is -3.82. The maximum Gasteiger partial charge on any atom is 0.224 e. The predicted molar refractivity (Wildman–Crippen MR) is 106 cm³/mol. The molecule has 4 rings (SSSR count). The summed E-state index contributed by atoms with van der Waals surface area (Å²) in [6.45, 7) is 0.402. The highest BCUT2D eigenvalue weighted by molar-refractivity contribution is 7.91. The summed E-state index contributed by atoms with van der Waals surface area (Å²) in [5, 5.41) is -0.796. The largest absolute Gasteiger partial charge is 0.354 e. The van der Waals surface area contributed by atoms with Crippen molar-refractivity contribution in [3.05, 3.63) is 59.4 Å². The molecule has 0 saturated carbocycles. The molecule has 1 atom stereocenters. The normalized spacial score (nSPS) is 15.7. The van der Waals surface area contributed by atoms with Crippen LogP contribution in [0.4, 0.5) is 0 Å². The van der Waals surface area contributed by atoms with Gasteiger partial charge in [-0.1, -0.05) is 29.8 Å². The van der Waals surface area contributed by atoms with Gasteiger partial charge in [0.15, 0.2) is 5.37 Å². The average Bonchev–Trinajstić information content (AvgIpc) is 3.22. The van der Waals surface area contributed by atoms with E-state index in [4.69, 9.17) is 11.6 Å². The van der Waals surface area contributed by atoms with Crippen LogP contribution in [0, 0.1) is 0 Å². The molecular weight excluding hydrogens is 409 g/mol. The van der Waals surface area contributed by atoms with Crippen molar-refractivity contribution >= 4 is 50.8 Å². The van der Waals surface area contributed by atoms with Crippen LogP contribution < -0.4 is 0 Å². The fraction of sp³-hybridized carbons (Fsp3) is 0.222. The third-order valence-electron chi connectivity index (χ3n) is 4.49. The van der Waals surface area contributed by atoms with Gasteiger partial charge in [-0.15, -0.1) is 12.4 Å². The third-order valence-corrected chi connectivity index (χ3v) is 6.72. The molecule has 3 aromatic rings. The first-order valence-corrected chi connectivity index (χ1v) is 10.1.